The molecule has 0 saturated heterocycles. The monoisotopic (exact) mass is 259 g/mol. The summed E-state index contributed by atoms with van der Waals surface area (Å²) in [4.78, 5) is 5.14. The van der Waals surface area contributed by atoms with E-state index in [1.165, 1.54) is 5.39 Å². The predicted octanol–water partition coefficient (Wildman–Crippen LogP) is -3.57. The number of hydrogen-bond donors (Lipinski definition) is 0. The van der Waals surface area contributed by atoms with Gasteiger partial charge in [0.25, 0.3) is 5.52 Å². The Labute approximate surface area is 99.6 Å². The van der Waals surface area contributed by atoms with Gasteiger partial charge in [-0.3, -0.25) is 4.84 Å². The van der Waals surface area contributed by atoms with E-state index in [4.69, 9.17) is 23.5 Å². The first kappa shape index (κ1) is 13.6. The van der Waals surface area contributed by atoms with Crippen molar-refractivity contribution in [1.82, 2.24) is 0 Å². The smallest absolute Gasteiger partial charge is 0.264 e. The number of pyridine rings is 1. The van der Waals surface area contributed by atoms with E-state index in [2.05, 4.69) is 12.1 Å². The summed E-state index contributed by atoms with van der Waals surface area (Å²) in [5.41, 5.74) is 1.09. The minimum absolute atomic E-state index is 1.09. The lowest BCUT2D eigenvalue weighted by molar-refractivity contribution is -2.00. The van der Waals surface area contributed by atoms with E-state index >= 15 is 0 Å². The Balaban J connectivity index is 0.000000249. The van der Waals surface area contributed by atoms with E-state index in [1.54, 1.807) is 11.8 Å². The Morgan fingerprint density at radius 2 is 1.53 bits per heavy atom. The van der Waals surface area contributed by atoms with Crippen molar-refractivity contribution in [2.24, 2.45) is 0 Å². The Morgan fingerprint density at radius 1 is 1.00 bits per heavy atom. The molecule has 0 fully saturated rings. The molecule has 0 radical (unpaired) electrons. The molecule has 0 atom stereocenters. The highest BCUT2D eigenvalue weighted by molar-refractivity contribution is 5.74. The van der Waals surface area contributed by atoms with E-state index in [0.717, 1.165) is 5.52 Å². The molecule has 0 amide bonds. The Morgan fingerprint density at radius 3 is 2.12 bits per heavy atom. The molecule has 1 aromatic carbocycles. The fraction of sp³-hybridized carbons (Fsp3) is 0.100. The van der Waals surface area contributed by atoms with Crippen LogP contribution in [-0.4, -0.2) is 7.11 Å². The van der Waals surface area contributed by atoms with Gasteiger partial charge in [-0.2, -0.15) is 0 Å². The number of aromatic nitrogens is 1. The van der Waals surface area contributed by atoms with Crippen LogP contribution >= 0.6 is 0 Å². The van der Waals surface area contributed by atoms with Crippen LogP contribution in [0.25, 0.3) is 10.9 Å². The highest BCUT2D eigenvalue weighted by Gasteiger charge is 2.05. The van der Waals surface area contributed by atoms with Gasteiger partial charge in [0.1, 0.15) is 7.11 Å². The van der Waals surface area contributed by atoms with E-state index in [9.17, 15) is 0 Å². The van der Waals surface area contributed by atoms with Gasteiger partial charge < -0.3 is 0 Å². The summed E-state index contributed by atoms with van der Waals surface area (Å²) in [6, 6.07) is 12.1. The molecule has 0 spiro atoms. The molecule has 0 unspecified atom stereocenters. The number of hydrogen-bond acceptors (Lipinski definition) is 5. The van der Waals surface area contributed by atoms with E-state index in [-0.39, 0.29) is 0 Å². The molecule has 0 aliphatic carbocycles. The first-order chi connectivity index (χ1) is 7.92. The average Bonchev–Trinajstić information content (AvgIpc) is 2.26. The summed E-state index contributed by atoms with van der Waals surface area (Å²) >= 11 is 0. The van der Waals surface area contributed by atoms with Crippen LogP contribution in [0.1, 0.15) is 0 Å². The first-order valence-electron chi connectivity index (χ1n) is 4.47. The van der Waals surface area contributed by atoms with E-state index < -0.39 is 10.2 Å². The molecule has 2 rings (SSSR count). The zero-order valence-corrected chi connectivity index (χ0v) is 9.66. The standard InChI is InChI=1S/C10H10NO.ClHO4/c1-12-11-8-4-6-9-5-2-3-7-10(9)11;2-1(3,4)5/h2-8H,1H3;(H,2,3,4,5)/q+1;/p-1. The summed E-state index contributed by atoms with van der Waals surface area (Å²) in [5, 5.41) is 1.18. The highest BCUT2D eigenvalue weighted by Crippen LogP contribution is 2.06. The van der Waals surface area contributed by atoms with Crippen molar-refractivity contribution in [2.45, 2.75) is 0 Å². The van der Waals surface area contributed by atoms with Crippen LogP contribution in [0.15, 0.2) is 42.6 Å². The molecule has 0 aliphatic heterocycles. The van der Waals surface area contributed by atoms with Gasteiger partial charge in [-0.15, -0.1) is 10.2 Å². The zero-order valence-electron chi connectivity index (χ0n) is 8.91. The summed E-state index contributed by atoms with van der Waals surface area (Å²) in [7, 11) is -3.29. The summed E-state index contributed by atoms with van der Waals surface area (Å²) in [5.74, 6) is 0. The Kier molecular flexibility index (Phi) is 4.62. The maximum Gasteiger partial charge on any atom is 0.264 e. The molecule has 0 bridgehead atoms. The van der Waals surface area contributed by atoms with Crippen LogP contribution in [-0.2, 0) is 0 Å². The van der Waals surface area contributed by atoms with Crippen molar-refractivity contribution < 1.29 is 38.4 Å². The molecule has 7 heteroatoms. The second kappa shape index (κ2) is 5.76. The van der Waals surface area contributed by atoms with Crippen molar-refractivity contribution in [3.05, 3.63) is 42.6 Å². The molecular weight excluding hydrogens is 250 g/mol. The SMILES string of the molecule is CO[n+]1cccc2ccccc21.[O-][Cl+3]([O-])([O-])[O-]. The fourth-order valence-corrected chi connectivity index (χ4v) is 1.29. The summed E-state index contributed by atoms with van der Waals surface area (Å²) in [6.45, 7) is 0. The molecule has 92 valence electrons. The second-order valence-electron chi connectivity index (χ2n) is 2.95. The number of nitrogens with zero attached hydrogens (tertiary/aromatic N) is 1. The minimum Gasteiger partial charge on any atom is -0.274 e. The number of rotatable bonds is 1. The van der Waals surface area contributed by atoms with Gasteiger partial charge >= 0.3 is 0 Å². The van der Waals surface area contributed by atoms with Crippen LogP contribution in [0.5, 0.6) is 0 Å². The Hall–Kier alpha value is -1.44. The molecule has 0 saturated carbocycles. The van der Waals surface area contributed by atoms with Gasteiger partial charge in [0, 0.05) is 16.9 Å². The normalized spacial score (nSPS) is 10.6. The highest BCUT2D eigenvalue weighted by atomic mass is 35.7. The van der Waals surface area contributed by atoms with Crippen LogP contribution in [0.4, 0.5) is 0 Å². The molecule has 6 nitrogen and oxygen atoms in total. The van der Waals surface area contributed by atoms with Gasteiger partial charge in [0.2, 0.25) is 6.20 Å². The number of para-hydroxylation sites is 1. The van der Waals surface area contributed by atoms with Gasteiger partial charge in [-0.25, -0.2) is 18.6 Å². The summed E-state index contributed by atoms with van der Waals surface area (Å²) in [6.07, 6.45) is 1.89. The fourth-order valence-electron chi connectivity index (χ4n) is 1.29. The van der Waals surface area contributed by atoms with Crippen LogP contribution in [0, 0.1) is 10.2 Å². The topological polar surface area (TPSA) is 105 Å². The van der Waals surface area contributed by atoms with Crippen molar-refractivity contribution >= 4 is 10.9 Å². The van der Waals surface area contributed by atoms with Gasteiger partial charge in [-0.05, 0) is 12.1 Å². The van der Waals surface area contributed by atoms with Crippen molar-refractivity contribution in [3.63, 3.8) is 0 Å². The van der Waals surface area contributed by atoms with E-state index in [0.29, 0.717) is 0 Å². The number of halogens is 1. The van der Waals surface area contributed by atoms with Crippen LogP contribution in [0.3, 0.4) is 0 Å². The quantitative estimate of drug-likeness (QED) is 0.493. The third kappa shape index (κ3) is 4.94. The molecule has 17 heavy (non-hydrogen) atoms. The van der Waals surface area contributed by atoms with Gasteiger partial charge in [0.15, 0.2) is 0 Å². The molecule has 0 N–H and O–H groups in total. The number of benzene rings is 1. The first-order valence-corrected chi connectivity index (χ1v) is 5.71. The zero-order chi connectivity index (χ0) is 12.9. The molecule has 1 heterocycles. The van der Waals surface area contributed by atoms with Crippen molar-refractivity contribution in [2.75, 3.05) is 7.11 Å². The molecule has 2 aromatic rings. The third-order valence-corrected chi connectivity index (χ3v) is 1.87. The van der Waals surface area contributed by atoms with Crippen molar-refractivity contribution in [3.8, 4) is 0 Å². The number of fused-ring (bicyclic) bond motifs is 1. The second-order valence-corrected chi connectivity index (χ2v) is 3.71. The van der Waals surface area contributed by atoms with Gasteiger partial charge in [0.05, 0.1) is 5.39 Å². The summed E-state index contributed by atoms with van der Waals surface area (Å²) < 4.78 is 35.7. The third-order valence-electron chi connectivity index (χ3n) is 1.87. The largest absolute Gasteiger partial charge is 0.274 e. The molecular formula is C10H10ClNO5. The lowest BCUT2D eigenvalue weighted by Gasteiger charge is -2.17. The molecule has 0 aliphatic rings. The van der Waals surface area contributed by atoms with E-state index in [1.807, 2.05) is 30.5 Å². The van der Waals surface area contributed by atoms with Crippen molar-refractivity contribution in [1.29, 1.82) is 0 Å². The van der Waals surface area contributed by atoms with Gasteiger partial charge in [-0.1, -0.05) is 12.1 Å². The lowest BCUT2D eigenvalue weighted by atomic mass is 10.2. The average molecular weight is 260 g/mol. The van der Waals surface area contributed by atoms with Crippen LogP contribution < -0.4 is 28.2 Å². The molecule has 1 aromatic heterocycles. The lowest BCUT2D eigenvalue weighted by Crippen LogP contribution is -2.68. The maximum absolute atomic E-state index is 8.49. The predicted molar refractivity (Wildman–Crippen MR) is 46.6 cm³/mol. The Bertz CT molecular complexity index is 474. The van der Waals surface area contributed by atoms with Crippen LogP contribution in [0.2, 0.25) is 0 Å². The minimum atomic E-state index is -4.94. The maximum atomic E-state index is 8.49.